The fraction of sp³-hybridized carbons (Fsp3) is 0.176. The number of nitrogens with zero attached hydrogens (tertiary/aromatic N) is 2. The van der Waals surface area contributed by atoms with Crippen molar-refractivity contribution >= 4 is 10.0 Å². The molecule has 24 heavy (non-hydrogen) atoms. The summed E-state index contributed by atoms with van der Waals surface area (Å²) in [4.78, 5) is 8.45. The summed E-state index contributed by atoms with van der Waals surface area (Å²) in [7, 11) is -3.54. The maximum absolute atomic E-state index is 12.3. The summed E-state index contributed by atoms with van der Waals surface area (Å²) in [6, 6.07) is 10.3. The van der Waals surface area contributed by atoms with Gasteiger partial charge in [-0.2, -0.15) is 0 Å². The molecule has 3 rings (SSSR count). The van der Waals surface area contributed by atoms with Crippen LogP contribution in [0.1, 0.15) is 11.5 Å². The Hall–Kier alpha value is -2.51. The van der Waals surface area contributed by atoms with Crippen LogP contribution in [0.25, 0.3) is 11.3 Å². The van der Waals surface area contributed by atoms with Gasteiger partial charge in [0.25, 0.3) is 0 Å². The number of hydrogen-bond acceptors (Lipinski definition) is 5. The highest BCUT2D eigenvalue weighted by molar-refractivity contribution is 7.89. The molecular weight excluding hydrogens is 326 g/mol. The average molecular weight is 343 g/mol. The van der Waals surface area contributed by atoms with E-state index >= 15 is 0 Å². The molecule has 2 heterocycles. The molecule has 0 atom stereocenters. The van der Waals surface area contributed by atoms with Crippen molar-refractivity contribution in [2.45, 2.75) is 18.2 Å². The van der Waals surface area contributed by atoms with E-state index in [1.165, 1.54) is 0 Å². The number of benzene rings is 1. The monoisotopic (exact) mass is 343 g/mol. The second-order valence-electron chi connectivity index (χ2n) is 5.29. The van der Waals surface area contributed by atoms with Crippen molar-refractivity contribution in [2.75, 3.05) is 6.54 Å². The Morgan fingerprint density at radius 2 is 1.96 bits per heavy atom. The van der Waals surface area contributed by atoms with Crippen LogP contribution in [0.2, 0.25) is 0 Å². The SMILES string of the molecule is Cc1nc(-c2ccc(S(=O)(=O)NCCc3cccnc3)cc2)co1. The maximum atomic E-state index is 12.3. The Kier molecular flexibility index (Phi) is 4.73. The minimum Gasteiger partial charge on any atom is -0.449 e. The van der Waals surface area contributed by atoms with Crippen LogP contribution in [0, 0.1) is 6.92 Å². The minimum atomic E-state index is -3.54. The number of aromatic nitrogens is 2. The second-order valence-corrected chi connectivity index (χ2v) is 7.05. The lowest BCUT2D eigenvalue weighted by Crippen LogP contribution is -2.26. The molecule has 0 bridgehead atoms. The van der Waals surface area contributed by atoms with Crippen LogP contribution < -0.4 is 4.72 Å². The minimum absolute atomic E-state index is 0.220. The van der Waals surface area contributed by atoms with Gasteiger partial charge in [0.15, 0.2) is 5.89 Å². The van der Waals surface area contributed by atoms with Crippen molar-refractivity contribution in [1.29, 1.82) is 0 Å². The molecule has 0 amide bonds. The number of oxazole rings is 1. The Labute approximate surface area is 140 Å². The first kappa shape index (κ1) is 16.4. The van der Waals surface area contributed by atoms with E-state index in [0.29, 0.717) is 24.6 Å². The molecule has 0 aliphatic heterocycles. The fourth-order valence-corrected chi connectivity index (χ4v) is 3.29. The van der Waals surface area contributed by atoms with Crippen molar-refractivity contribution in [3.8, 4) is 11.3 Å². The van der Waals surface area contributed by atoms with E-state index in [1.54, 1.807) is 49.8 Å². The quantitative estimate of drug-likeness (QED) is 0.743. The van der Waals surface area contributed by atoms with Gasteiger partial charge in [-0.05, 0) is 30.2 Å². The fourth-order valence-electron chi connectivity index (χ4n) is 2.26. The topological polar surface area (TPSA) is 85.1 Å². The summed E-state index contributed by atoms with van der Waals surface area (Å²) in [6.45, 7) is 2.08. The van der Waals surface area contributed by atoms with Crippen LogP contribution in [-0.4, -0.2) is 24.9 Å². The highest BCUT2D eigenvalue weighted by Gasteiger charge is 2.14. The number of rotatable bonds is 6. The molecule has 0 aliphatic rings. The van der Waals surface area contributed by atoms with E-state index in [4.69, 9.17) is 4.42 Å². The van der Waals surface area contributed by atoms with Gasteiger partial charge >= 0.3 is 0 Å². The first-order valence-corrected chi connectivity index (χ1v) is 8.94. The lowest BCUT2D eigenvalue weighted by atomic mass is 10.2. The summed E-state index contributed by atoms with van der Waals surface area (Å²) in [6.07, 6.45) is 5.54. The number of hydrogen-bond donors (Lipinski definition) is 1. The lowest BCUT2D eigenvalue weighted by molar-refractivity contribution is 0.521. The zero-order valence-electron chi connectivity index (χ0n) is 13.1. The number of nitrogens with one attached hydrogen (secondary N) is 1. The molecule has 0 radical (unpaired) electrons. The van der Waals surface area contributed by atoms with Gasteiger partial charge in [0.2, 0.25) is 10.0 Å². The van der Waals surface area contributed by atoms with Gasteiger partial charge in [0, 0.05) is 31.4 Å². The number of pyridine rings is 1. The molecule has 124 valence electrons. The molecule has 0 fully saturated rings. The number of sulfonamides is 1. The highest BCUT2D eigenvalue weighted by Crippen LogP contribution is 2.20. The molecule has 3 aromatic rings. The Bertz CT molecular complexity index is 904. The maximum Gasteiger partial charge on any atom is 0.240 e. The second kappa shape index (κ2) is 6.94. The van der Waals surface area contributed by atoms with Gasteiger partial charge in [-0.25, -0.2) is 18.1 Å². The molecule has 7 heteroatoms. The largest absolute Gasteiger partial charge is 0.449 e. The molecule has 0 saturated heterocycles. The summed E-state index contributed by atoms with van der Waals surface area (Å²) >= 11 is 0. The van der Waals surface area contributed by atoms with Crippen molar-refractivity contribution in [3.05, 3.63) is 66.5 Å². The Balaban J connectivity index is 1.66. The zero-order valence-corrected chi connectivity index (χ0v) is 14.0. The molecule has 0 saturated carbocycles. The lowest BCUT2D eigenvalue weighted by Gasteiger charge is -2.07. The molecule has 1 N–H and O–H groups in total. The molecule has 0 aliphatic carbocycles. The van der Waals surface area contributed by atoms with Crippen LogP contribution in [0.3, 0.4) is 0 Å². The molecule has 2 aromatic heterocycles. The standard InChI is InChI=1S/C17H17N3O3S/c1-13-20-17(12-23-13)15-4-6-16(7-5-15)24(21,22)19-10-8-14-3-2-9-18-11-14/h2-7,9,11-12,19H,8,10H2,1H3. The van der Waals surface area contributed by atoms with Crippen LogP contribution >= 0.6 is 0 Å². The van der Waals surface area contributed by atoms with Crippen molar-refractivity contribution in [1.82, 2.24) is 14.7 Å². The zero-order chi connectivity index (χ0) is 17.0. The van der Waals surface area contributed by atoms with Crippen LogP contribution in [0.5, 0.6) is 0 Å². The first-order chi connectivity index (χ1) is 11.5. The van der Waals surface area contributed by atoms with Gasteiger partial charge in [-0.3, -0.25) is 4.98 Å². The molecule has 1 aromatic carbocycles. The molecule has 0 spiro atoms. The third-order valence-corrected chi connectivity index (χ3v) is 4.98. The van der Waals surface area contributed by atoms with Crippen molar-refractivity contribution < 1.29 is 12.8 Å². The third-order valence-electron chi connectivity index (χ3n) is 3.51. The van der Waals surface area contributed by atoms with Crippen molar-refractivity contribution in [3.63, 3.8) is 0 Å². The predicted octanol–water partition coefficient (Wildman–Crippen LogP) is 2.57. The van der Waals surface area contributed by atoms with Gasteiger partial charge < -0.3 is 4.42 Å². The van der Waals surface area contributed by atoms with E-state index in [0.717, 1.165) is 11.1 Å². The van der Waals surface area contributed by atoms with Gasteiger partial charge in [-0.15, -0.1) is 0 Å². The molecular formula is C17H17N3O3S. The molecule has 6 nitrogen and oxygen atoms in total. The highest BCUT2D eigenvalue weighted by atomic mass is 32.2. The summed E-state index contributed by atoms with van der Waals surface area (Å²) in [5, 5.41) is 0. The van der Waals surface area contributed by atoms with E-state index < -0.39 is 10.0 Å². The summed E-state index contributed by atoms with van der Waals surface area (Å²) in [5.41, 5.74) is 2.47. The normalized spacial score (nSPS) is 11.5. The van der Waals surface area contributed by atoms with Gasteiger partial charge in [0.05, 0.1) is 4.90 Å². The van der Waals surface area contributed by atoms with Crippen LogP contribution in [0.15, 0.2) is 64.4 Å². The Morgan fingerprint density at radius 3 is 2.58 bits per heavy atom. The third kappa shape index (κ3) is 3.87. The smallest absolute Gasteiger partial charge is 0.240 e. The predicted molar refractivity (Wildman–Crippen MR) is 89.8 cm³/mol. The van der Waals surface area contributed by atoms with E-state index in [-0.39, 0.29) is 4.90 Å². The summed E-state index contributed by atoms with van der Waals surface area (Å²) in [5.74, 6) is 0.568. The number of aryl methyl sites for hydroxylation is 1. The van der Waals surface area contributed by atoms with E-state index in [1.807, 2.05) is 12.1 Å². The van der Waals surface area contributed by atoms with Crippen LogP contribution in [-0.2, 0) is 16.4 Å². The Morgan fingerprint density at radius 1 is 1.17 bits per heavy atom. The van der Waals surface area contributed by atoms with E-state index in [9.17, 15) is 8.42 Å². The van der Waals surface area contributed by atoms with Crippen LogP contribution in [0.4, 0.5) is 0 Å². The summed E-state index contributed by atoms with van der Waals surface area (Å²) < 4.78 is 32.4. The molecule has 0 unspecified atom stereocenters. The van der Waals surface area contributed by atoms with Gasteiger partial charge in [0.1, 0.15) is 12.0 Å². The van der Waals surface area contributed by atoms with Gasteiger partial charge in [-0.1, -0.05) is 18.2 Å². The average Bonchev–Trinajstić information content (AvgIpc) is 3.02. The first-order valence-electron chi connectivity index (χ1n) is 7.46. The van der Waals surface area contributed by atoms with E-state index in [2.05, 4.69) is 14.7 Å². The van der Waals surface area contributed by atoms with Crippen molar-refractivity contribution in [2.24, 2.45) is 0 Å².